The molecule has 0 saturated carbocycles. The summed E-state index contributed by atoms with van der Waals surface area (Å²) in [7, 11) is 0. The first-order valence-corrected chi connectivity index (χ1v) is 3.59. The standard InChI is InChI=1S/C7H13NO2/c1-7(10)3-2-4-8-6(9)5-7/h10H,2-5H2,1H3,(H,8,9). The summed E-state index contributed by atoms with van der Waals surface area (Å²) in [5, 5.41) is 12.2. The van der Waals surface area contributed by atoms with E-state index in [1.807, 2.05) is 0 Å². The minimum atomic E-state index is -0.777. The van der Waals surface area contributed by atoms with Crippen LogP contribution in [0.2, 0.25) is 0 Å². The first kappa shape index (κ1) is 7.54. The lowest BCUT2D eigenvalue weighted by molar-refractivity contribution is -0.124. The highest BCUT2D eigenvalue weighted by molar-refractivity contribution is 5.77. The molecular formula is C7H13NO2. The van der Waals surface area contributed by atoms with Crippen molar-refractivity contribution in [3.8, 4) is 0 Å². The summed E-state index contributed by atoms with van der Waals surface area (Å²) in [6.45, 7) is 2.41. The molecule has 3 nitrogen and oxygen atoms in total. The van der Waals surface area contributed by atoms with Crippen molar-refractivity contribution in [2.45, 2.75) is 31.8 Å². The Hall–Kier alpha value is -0.570. The van der Waals surface area contributed by atoms with Crippen LogP contribution in [0.25, 0.3) is 0 Å². The molecule has 1 rings (SSSR count). The van der Waals surface area contributed by atoms with Crippen molar-refractivity contribution in [1.82, 2.24) is 5.32 Å². The molecule has 0 aliphatic carbocycles. The van der Waals surface area contributed by atoms with Gasteiger partial charge in [-0.25, -0.2) is 0 Å². The Kier molecular flexibility index (Phi) is 1.94. The molecule has 0 aromatic heterocycles. The fourth-order valence-electron chi connectivity index (χ4n) is 1.19. The van der Waals surface area contributed by atoms with Gasteiger partial charge in [0.2, 0.25) is 5.91 Å². The molecule has 1 heterocycles. The second-order valence-corrected chi connectivity index (χ2v) is 3.13. The molecule has 2 N–H and O–H groups in total. The van der Waals surface area contributed by atoms with Crippen molar-refractivity contribution in [2.75, 3.05) is 6.54 Å². The maximum absolute atomic E-state index is 10.8. The Labute approximate surface area is 60.4 Å². The highest BCUT2D eigenvalue weighted by Crippen LogP contribution is 2.18. The average Bonchev–Trinajstić information content (AvgIpc) is 1.90. The van der Waals surface area contributed by atoms with E-state index in [9.17, 15) is 9.90 Å². The summed E-state index contributed by atoms with van der Waals surface area (Å²) < 4.78 is 0. The fraction of sp³-hybridized carbons (Fsp3) is 0.857. The van der Waals surface area contributed by atoms with Crippen molar-refractivity contribution < 1.29 is 9.90 Å². The normalized spacial score (nSPS) is 34.8. The SMILES string of the molecule is CC1(O)CCCNC(=O)C1. The van der Waals surface area contributed by atoms with E-state index in [2.05, 4.69) is 5.32 Å². The summed E-state index contributed by atoms with van der Waals surface area (Å²) in [5.41, 5.74) is -0.777. The Morgan fingerprint density at radius 3 is 3.10 bits per heavy atom. The third-order valence-electron chi connectivity index (χ3n) is 1.76. The van der Waals surface area contributed by atoms with Crippen molar-refractivity contribution in [3.05, 3.63) is 0 Å². The largest absolute Gasteiger partial charge is 0.390 e. The minimum absolute atomic E-state index is 0.0394. The van der Waals surface area contributed by atoms with E-state index in [1.54, 1.807) is 6.92 Å². The van der Waals surface area contributed by atoms with Crippen LogP contribution >= 0.6 is 0 Å². The van der Waals surface area contributed by atoms with Crippen LogP contribution in [0.15, 0.2) is 0 Å². The van der Waals surface area contributed by atoms with Gasteiger partial charge in [-0.1, -0.05) is 0 Å². The number of nitrogens with one attached hydrogen (secondary N) is 1. The summed E-state index contributed by atoms with van der Waals surface area (Å²) in [6, 6.07) is 0. The molecule has 1 aliphatic rings. The zero-order valence-electron chi connectivity index (χ0n) is 6.18. The van der Waals surface area contributed by atoms with E-state index in [4.69, 9.17) is 0 Å². The molecule has 0 aromatic rings. The lowest BCUT2D eigenvalue weighted by Gasteiger charge is -2.18. The zero-order valence-corrected chi connectivity index (χ0v) is 6.18. The average molecular weight is 143 g/mol. The van der Waals surface area contributed by atoms with Gasteiger partial charge < -0.3 is 10.4 Å². The van der Waals surface area contributed by atoms with Gasteiger partial charge in [0.25, 0.3) is 0 Å². The van der Waals surface area contributed by atoms with Gasteiger partial charge in [0.05, 0.1) is 12.0 Å². The molecule has 0 bridgehead atoms. The van der Waals surface area contributed by atoms with E-state index in [1.165, 1.54) is 0 Å². The first-order valence-electron chi connectivity index (χ1n) is 3.59. The van der Waals surface area contributed by atoms with Gasteiger partial charge in [0.15, 0.2) is 0 Å². The predicted molar refractivity (Wildman–Crippen MR) is 37.5 cm³/mol. The topological polar surface area (TPSA) is 49.3 Å². The van der Waals surface area contributed by atoms with E-state index in [0.717, 1.165) is 6.42 Å². The van der Waals surface area contributed by atoms with Gasteiger partial charge in [0.1, 0.15) is 0 Å². The first-order chi connectivity index (χ1) is 4.60. The van der Waals surface area contributed by atoms with Crippen LogP contribution in [0.3, 0.4) is 0 Å². The Morgan fingerprint density at radius 1 is 1.70 bits per heavy atom. The smallest absolute Gasteiger partial charge is 0.222 e. The fourth-order valence-corrected chi connectivity index (χ4v) is 1.19. The van der Waals surface area contributed by atoms with Crippen LogP contribution in [-0.2, 0) is 4.79 Å². The predicted octanol–water partition coefficient (Wildman–Crippen LogP) is 0.0375. The number of amides is 1. The molecule has 1 saturated heterocycles. The third kappa shape index (κ3) is 1.99. The lowest BCUT2D eigenvalue weighted by Crippen LogP contribution is -2.29. The molecule has 10 heavy (non-hydrogen) atoms. The molecule has 1 aliphatic heterocycles. The number of aliphatic hydroxyl groups is 1. The van der Waals surface area contributed by atoms with Crippen LogP contribution in [0.5, 0.6) is 0 Å². The third-order valence-corrected chi connectivity index (χ3v) is 1.76. The van der Waals surface area contributed by atoms with E-state index < -0.39 is 5.60 Å². The highest BCUT2D eigenvalue weighted by Gasteiger charge is 2.25. The van der Waals surface area contributed by atoms with Crippen LogP contribution < -0.4 is 5.32 Å². The number of hydrogen-bond donors (Lipinski definition) is 2. The van der Waals surface area contributed by atoms with E-state index >= 15 is 0 Å². The molecule has 0 spiro atoms. The number of carbonyl (C=O) groups is 1. The van der Waals surface area contributed by atoms with Gasteiger partial charge in [-0.2, -0.15) is 0 Å². The molecule has 58 valence electrons. The number of hydrogen-bond acceptors (Lipinski definition) is 2. The number of carbonyl (C=O) groups excluding carboxylic acids is 1. The molecule has 0 aromatic carbocycles. The zero-order chi connectivity index (χ0) is 7.61. The Morgan fingerprint density at radius 2 is 2.40 bits per heavy atom. The molecule has 1 amide bonds. The van der Waals surface area contributed by atoms with Gasteiger partial charge >= 0.3 is 0 Å². The number of rotatable bonds is 0. The van der Waals surface area contributed by atoms with E-state index in [-0.39, 0.29) is 12.3 Å². The summed E-state index contributed by atoms with van der Waals surface area (Å²) in [4.78, 5) is 10.8. The van der Waals surface area contributed by atoms with Crippen LogP contribution in [0.4, 0.5) is 0 Å². The second-order valence-electron chi connectivity index (χ2n) is 3.13. The van der Waals surface area contributed by atoms with Gasteiger partial charge in [0, 0.05) is 6.54 Å². The van der Waals surface area contributed by atoms with E-state index in [0.29, 0.717) is 13.0 Å². The monoisotopic (exact) mass is 143 g/mol. The van der Waals surface area contributed by atoms with Crippen LogP contribution in [0, 0.1) is 0 Å². The van der Waals surface area contributed by atoms with Crippen LogP contribution in [-0.4, -0.2) is 23.2 Å². The quantitative estimate of drug-likeness (QED) is 0.503. The van der Waals surface area contributed by atoms with Gasteiger partial charge in [-0.05, 0) is 19.8 Å². The highest BCUT2D eigenvalue weighted by atomic mass is 16.3. The maximum atomic E-state index is 10.8. The van der Waals surface area contributed by atoms with Gasteiger partial charge in [-0.3, -0.25) is 4.79 Å². The van der Waals surface area contributed by atoms with Crippen LogP contribution in [0.1, 0.15) is 26.2 Å². The molecule has 3 heteroatoms. The summed E-state index contributed by atoms with van der Waals surface area (Å²) >= 11 is 0. The molecule has 1 fully saturated rings. The molecular weight excluding hydrogens is 130 g/mol. The maximum Gasteiger partial charge on any atom is 0.222 e. The second kappa shape index (κ2) is 2.58. The molecule has 0 radical (unpaired) electrons. The van der Waals surface area contributed by atoms with Crippen molar-refractivity contribution in [1.29, 1.82) is 0 Å². The van der Waals surface area contributed by atoms with Crippen molar-refractivity contribution in [3.63, 3.8) is 0 Å². The van der Waals surface area contributed by atoms with Crippen molar-refractivity contribution >= 4 is 5.91 Å². The Balaban J connectivity index is 2.54. The minimum Gasteiger partial charge on any atom is -0.390 e. The van der Waals surface area contributed by atoms with Crippen molar-refractivity contribution in [2.24, 2.45) is 0 Å². The summed E-state index contributed by atoms with van der Waals surface area (Å²) in [6.07, 6.45) is 1.83. The summed E-state index contributed by atoms with van der Waals surface area (Å²) in [5.74, 6) is -0.0394. The molecule has 1 unspecified atom stereocenters. The molecule has 1 atom stereocenters. The Bertz CT molecular complexity index is 143. The lowest BCUT2D eigenvalue weighted by atomic mass is 9.98. The van der Waals surface area contributed by atoms with Gasteiger partial charge in [-0.15, -0.1) is 0 Å².